The molecule has 33 heavy (non-hydrogen) atoms. The summed E-state index contributed by atoms with van der Waals surface area (Å²) < 4.78 is 14.9. The zero-order valence-electron chi connectivity index (χ0n) is 18.3. The minimum Gasteiger partial charge on any atom is -0.469 e. The third-order valence-electron chi connectivity index (χ3n) is 4.60. The Morgan fingerprint density at radius 1 is 0.909 bits per heavy atom. The summed E-state index contributed by atoms with van der Waals surface area (Å²) in [6, 6.07) is 14.8. The Morgan fingerprint density at radius 2 is 1.61 bits per heavy atom. The van der Waals surface area contributed by atoms with Crippen LogP contribution in [0.5, 0.6) is 5.75 Å². The number of ketones is 1. The van der Waals surface area contributed by atoms with Crippen molar-refractivity contribution in [2.75, 3.05) is 20.3 Å². The molecule has 1 atom stereocenters. The Bertz CT molecular complexity index is 927. The van der Waals surface area contributed by atoms with Gasteiger partial charge in [-0.2, -0.15) is 0 Å². The predicted octanol–water partition coefficient (Wildman–Crippen LogP) is 1.35. The van der Waals surface area contributed by atoms with E-state index in [0.29, 0.717) is 5.56 Å². The number of benzene rings is 2. The summed E-state index contributed by atoms with van der Waals surface area (Å²) in [4.78, 5) is 47.6. The van der Waals surface area contributed by atoms with Gasteiger partial charge in [-0.1, -0.05) is 42.5 Å². The molecule has 0 saturated heterocycles. The Labute approximate surface area is 191 Å². The minimum atomic E-state index is -0.881. The van der Waals surface area contributed by atoms with E-state index in [2.05, 4.69) is 10.1 Å². The second kappa shape index (κ2) is 13.8. The van der Waals surface area contributed by atoms with Gasteiger partial charge in [-0.3, -0.25) is 14.4 Å². The maximum atomic E-state index is 12.7. The van der Waals surface area contributed by atoms with E-state index >= 15 is 0 Å². The minimum absolute atomic E-state index is 0.0886. The highest BCUT2D eigenvalue weighted by Gasteiger charge is 2.22. The smallest absolute Gasteiger partial charge is 0.337 e. The van der Waals surface area contributed by atoms with Gasteiger partial charge in [-0.05, 0) is 29.7 Å². The van der Waals surface area contributed by atoms with Crippen LogP contribution < -0.4 is 10.1 Å². The van der Waals surface area contributed by atoms with Gasteiger partial charge in [-0.25, -0.2) is 4.79 Å². The highest BCUT2D eigenvalue weighted by Crippen LogP contribution is 2.15. The number of rotatable bonds is 13. The van der Waals surface area contributed by atoms with E-state index < -0.39 is 30.5 Å². The molecule has 0 aliphatic heterocycles. The monoisotopic (exact) mass is 457 g/mol. The lowest BCUT2D eigenvalue weighted by atomic mass is 9.99. The summed E-state index contributed by atoms with van der Waals surface area (Å²) in [5.41, 5.74) is 1.61. The summed E-state index contributed by atoms with van der Waals surface area (Å²) >= 11 is 0. The summed E-state index contributed by atoms with van der Waals surface area (Å²) in [6.45, 7) is -0.716. The second-order valence-corrected chi connectivity index (χ2v) is 7.12. The Hall–Kier alpha value is -3.56. The molecule has 0 fully saturated rings. The van der Waals surface area contributed by atoms with E-state index in [1.54, 1.807) is 12.1 Å². The Kier molecular flexibility index (Phi) is 10.7. The van der Waals surface area contributed by atoms with Crippen LogP contribution in [-0.2, 0) is 41.7 Å². The summed E-state index contributed by atoms with van der Waals surface area (Å²) in [6.07, 6.45) is -0.0182. The number of carbonyl (C=O) groups excluding carboxylic acids is 4. The van der Waals surface area contributed by atoms with E-state index in [0.717, 1.165) is 5.56 Å². The van der Waals surface area contributed by atoms with Crippen molar-refractivity contribution in [2.24, 2.45) is 0 Å². The van der Waals surface area contributed by atoms with Crippen LogP contribution >= 0.6 is 0 Å². The molecule has 0 aromatic heterocycles. The third-order valence-corrected chi connectivity index (χ3v) is 4.60. The number of aliphatic hydroxyl groups is 1. The summed E-state index contributed by atoms with van der Waals surface area (Å²) in [5.74, 6) is -1.86. The molecule has 0 saturated carbocycles. The second-order valence-electron chi connectivity index (χ2n) is 7.12. The van der Waals surface area contributed by atoms with Crippen LogP contribution in [0.15, 0.2) is 54.6 Å². The lowest BCUT2D eigenvalue weighted by Crippen LogP contribution is -2.44. The zero-order valence-corrected chi connectivity index (χ0v) is 18.3. The molecule has 0 aliphatic rings. The first-order chi connectivity index (χ1) is 15.9. The molecule has 176 valence electrons. The standard InChI is InChI=1S/C24H27NO8/c1-31-23(29)12-11-21(27)20(13-17-7-9-19(10-8-17)33-24(30)14-26)25-22(28)16-32-15-18-5-3-2-4-6-18/h2-10,20,26H,11-16H2,1H3,(H,25,28)/t20-/m1/s1. The number of aliphatic hydroxyl groups excluding tert-OH is 1. The van der Waals surface area contributed by atoms with Crippen molar-refractivity contribution < 1.29 is 38.5 Å². The largest absolute Gasteiger partial charge is 0.469 e. The highest BCUT2D eigenvalue weighted by atomic mass is 16.5. The molecule has 0 spiro atoms. The van der Waals surface area contributed by atoms with Gasteiger partial charge in [0.1, 0.15) is 19.0 Å². The number of Topliss-reactive ketones (excluding diaryl/α,β-unsaturated/α-hetero) is 1. The van der Waals surface area contributed by atoms with E-state index in [9.17, 15) is 19.2 Å². The number of hydrogen-bond donors (Lipinski definition) is 2. The molecule has 0 bridgehead atoms. The maximum Gasteiger partial charge on any atom is 0.337 e. The molecule has 0 heterocycles. The molecule has 9 heteroatoms. The number of esters is 2. The molecule has 2 aromatic carbocycles. The summed E-state index contributed by atoms with van der Waals surface area (Å²) in [7, 11) is 1.24. The Morgan fingerprint density at radius 3 is 2.24 bits per heavy atom. The molecule has 1 amide bonds. The first-order valence-corrected chi connectivity index (χ1v) is 10.3. The highest BCUT2D eigenvalue weighted by molar-refractivity contribution is 5.91. The van der Waals surface area contributed by atoms with Gasteiger partial charge in [0.15, 0.2) is 5.78 Å². The molecular weight excluding hydrogens is 430 g/mol. The fourth-order valence-electron chi connectivity index (χ4n) is 2.91. The van der Waals surface area contributed by atoms with Crippen molar-refractivity contribution in [3.05, 3.63) is 65.7 Å². The van der Waals surface area contributed by atoms with E-state index in [4.69, 9.17) is 14.6 Å². The molecule has 0 aliphatic carbocycles. The number of ether oxygens (including phenoxy) is 3. The van der Waals surface area contributed by atoms with Gasteiger partial charge in [-0.15, -0.1) is 0 Å². The van der Waals surface area contributed by atoms with Crippen LogP contribution in [-0.4, -0.2) is 55.1 Å². The van der Waals surface area contributed by atoms with Gasteiger partial charge in [0.25, 0.3) is 0 Å². The van der Waals surface area contributed by atoms with Crippen LogP contribution in [0.25, 0.3) is 0 Å². The van der Waals surface area contributed by atoms with Crippen LogP contribution in [0.3, 0.4) is 0 Å². The average molecular weight is 457 g/mol. The number of nitrogens with one attached hydrogen (secondary N) is 1. The fraction of sp³-hybridized carbons (Fsp3) is 0.333. The van der Waals surface area contributed by atoms with Crippen LogP contribution in [0.2, 0.25) is 0 Å². The van der Waals surface area contributed by atoms with Gasteiger partial charge < -0.3 is 24.6 Å². The maximum absolute atomic E-state index is 12.7. The molecule has 2 aromatic rings. The van der Waals surface area contributed by atoms with E-state index in [-0.39, 0.29) is 44.0 Å². The van der Waals surface area contributed by atoms with Crippen molar-refractivity contribution >= 4 is 23.6 Å². The van der Waals surface area contributed by atoms with Crippen molar-refractivity contribution in [1.82, 2.24) is 5.32 Å². The quantitative estimate of drug-likeness (QED) is 0.341. The summed E-state index contributed by atoms with van der Waals surface area (Å²) in [5, 5.41) is 11.4. The lowest BCUT2D eigenvalue weighted by Gasteiger charge is -2.18. The molecule has 0 radical (unpaired) electrons. The predicted molar refractivity (Wildman–Crippen MR) is 117 cm³/mol. The molecular formula is C24H27NO8. The fourth-order valence-corrected chi connectivity index (χ4v) is 2.91. The van der Waals surface area contributed by atoms with E-state index in [1.807, 2.05) is 30.3 Å². The average Bonchev–Trinajstić information content (AvgIpc) is 2.83. The van der Waals surface area contributed by atoms with Crippen LogP contribution in [0.1, 0.15) is 24.0 Å². The number of hydrogen-bond acceptors (Lipinski definition) is 8. The first kappa shape index (κ1) is 25.7. The van der Waals surface area contributed by atoms with Gasteiger partial charge in [0.2, 0.25) is 5.91 Å². The van der Waals surface area contributed by atoms with Gasteiger partial charge >= 0.3 is 11.9 Å². The SMILES string of the molecule is COC(=O)CCC(=O)[C@@H](Cc1ccc(OC(=O)CO)cc1)NC(=O)COCc1ccccc1. The number of methoxy groups -OCH3 is 1. The van der Waals surface area contributed by atoms with Crippen molar-refractivity contribution in [1.29, 1.82) is 0 Å². The van der Waals surface area contributed by atoms with Gasteiger partial charge in [0, 0.05) is 6.42 Å². The lowest BCUT2D eigenvalue weighted by molar-refractivity contribution is -0.142. The van der Waals surface area contributed by atoms with Gasteiger partial charge in [0.05, 0.1) is 26.2 Å². The normalized spacial score (nSPS) is 11.3. The van der Waals surface area contributed by atoms with Crippen LogP contribution in [0, 0.1) is 0 Å². The number of carbonyl (C=O) groups is 4. The molecule has 2 N–H and O–H groups in total. The van der Waals surface area contributed by atoms with E-state index in [1.165, 1.54) is 19.2 Å². The van der Waals surface area contributed by atoms with Crippen molar-refractivity contribution in [2.45, 2.75) is 31.9 Å². The number of amides is 1. The third kappa shape index (κ3) is 9.63. The van der Waals surface area contributed by atoms with Crippen molar-refractivity contribution in [3.63, 3.8) is 0 Å². The zero-order chi connectivity index (χ0) is 24.1. The molecule has 9 nitrogen and oxygen atoms in total. The molecule has 2 rings (SSSR count). The topological polar surface area (TPSA) is 128 Å². The van der Waals surface area contributed by atoms with Crippen molar-refractivity contribution in [3.8, 4) is 5.75 Å². The van der Waals surface area contributed by atoms with Crippen LogP contribution in [0.4, 0.5) is 0 Å². The molecule has 0 unspecified atom stereocenters. The first-order valence-electron chi connectivity index (χ1n) is 10.3. The Balaban J connectivity index is 1.98.